The number of benzene rings is 1. The SMILES string of the molecule is C[C@H]1Cn2c(nnc2-c2cccnn2)C(=O)N1Cc1cccc(C(F)(F)F)c1Cl. The van der Waals surface area contributed by atoms with Crippen LogP contribution in [0.2, 0.25) is 5.02 Å². The molecule has 1 aliphatic heterocycles. The molecule has 0 N–H and O–H groups in total. The van der Waals surface area contributed by atoms with Crippen molar-refractivity contribution in [2.24, 2.45) is 0 Å². The predicted molar refractivity (Wildman–Crippen MR) is 96.8 cm³/mol. The lowest BCUT2D eigenvalue weighted by Gasteiger charge is -2.34. The molecule has 0 aliphatic carbocycles. The van der Waals surface area contributed by atoms with Gasteiger partial charge < -0.3 is 4.90 Å². The molecular formula is C18H14ClF3N6O. The molecule has 2 aromatic heterocycles. The Labute approximate surface area is 168 Å². The van der Waals surface area contributed by atoms with Gasteiger partial charge in [-0.25, -0.2) is 0 Å². The lowest BCUT2D eigenvalue weighted by atomic mass is 10.1. The average molecular weight is 423 g/mol. The van der Waals surface area contributed by atoms with E-state index in [1.54, 1.807) is 23.6 Å². The number of carbonyl (C=O) groups excluding carboxylic acids is 1. The summed E-state index contributed by atoms with van der Waals surface area (Å²) < 4.78 is 41.0. The maximum absolute atomic E-state index is 13.1. The first-order chi connectivity index (χ1) is 13.8. The molecule has 7 nitrogen and oxygen atoms in total. The van der Waals surface area contributed by atoms with Crippen molar-refractivity contribution < 1.29 is 18.0 Å². The van der Waals surface area contributed by atoms with Crippen molar-refractivity contribution in [1.82, 2.24) is 29.9 Å². The zero-order valence-electron chi connectivity index (χ0n) is 15.1. The maximum atomic E-state index is 13.1. The number of hydrogen-bond acceptors (Lipinski definition) is 5. The van der Waals surface area contributed by atoms with Crippen molar-refractivity contribution in [3.05, 3.63) is 58.5 Å². The van der Waals surface area contributed by atoms with E-state index >= 15 is 0 Å². The summed E-state index contributed by atoms with van der Waals surface area (Å²) >= 11 is 5.99. The van der Waals surface area contributed by atoms with E-state index in [9.17, 15) is 18.0 Å². The Morgan fingerprint density at radius 1 is 1.14 bits per heavy atom. The molecule has 4 rings (SSSR count). The first kappa shape index (κ1) is 19.3. The Bertz CT molecular complexity index is 1070. The number of halogens is 4. The molecule has 1 aromatic carbocycles. The third kappa shape index (κ3) is 3.44. The fraction of sp³-hybridized carbons (Fsp3) is 0.278. The van der Waals surface area contributed by atoms with E-state index in [1.165, 1.54) is 23.2 Å². The van der Waals surface area contributed by atoms with Crippen LogP contribution in [0.3, 0.4) is 0 Å². The summed E-state index contributed by atoms with van der Waals surface area (Å²) in [6.07, 6.45) is -3.05. The Hall–Kier alpha value is -3.01. The van der Waals surface area contributed by atoms with Crippen LogP contribution >= 0.6 is 11.6 Å². The van der Waals surface area contributed by atoms with Crippen LogP contribution in [0, 0.1) is 0 Å². The summed E-state index contributed by atoms with van der Waals surface area (Å²) in [5.74, 6) is 0.0526. The van der Waals surface area contributed by atoms with Crippen LogP contribution in [-0.4, -0.2) is 41.8 Å². The number of carbonyl (C=O) groups is 1. The molecule has 0 fully saturated rings. The zero-order valence-corrected chi connectivity index (χ0v) is 15.8. The minimum Gasteiger partial charge on any atom is -0.327 e. The number of hydrogen-bond donors (Lipinski definition) is 0. The molecule has 0 unspecified atom stereocenters. The second-order valence-corrected chi connectivity index (χ2v) is 7.00. The molecule has 150 valence electrons. The van der Waals surface area contributed by atoms with Crippen LogP contribution in [0.15, 0.2) is 36.5 Å². The Kier molecular flexibility index (Phi) is 4.73. The molecule has 29 heavy (non-hydrogen) atoms. The van der Waals surface area contributed by atoms with E-state index in [2.05, 4.69) is 20.4 Å². The van der Waals surface area contributed by atoms with Gasteiger partial charge in [0.25, 0.3) is 5.91 Å². The van der Waals surface area contributed by atoms with Crippen molar-refractivity contribution in [2.45, 2.75) is 32.2 Å². The van der Waals surface area contributed by atoms with Gasteiger partial charge in [0.2, 0.25) is 5.82 Å². The van der Waals surface area contributed by atoms with Crippen molar-refractivity contribution in [3.8, 4) is 11.5 Å². The van der Waals surface area contributed by atoms with Crippen LogP contribution in [-0.2, 0) is 19.3 Å². The summed E-state index contributed by atoms with van der Waals surface area (Å²) in [6, 6.07) is 6.73. The Morgan fingerprint density at radius 3 is 2.59 bits per heavy atom. The highest BCUT2D eigenvalue weighted by Gasteiger charge is 2.37. The molecule has 0 saturated heterocycles. The van der Waals surface area contributed by atoms with Gasteiger partial charge in [0.05, 0.1) is 10.6 Å². The van der Waals surface area contributed by atoms with Gasteiger partial charge in [-0.15, -0.1) is 15.3 Å². The Morgan fingerprint density at radius 2 is 1.90 bits per heavy atom. The molecule has 0 radical (unpaired) electrons. The molecule has 0 spiro atoms. The van der Waals surface area contributed by atoms with Crippen LogP contribution in [0.5, 0.6) is 0 Å². The quantitative estimate of drug-likeness (QED) is 0.646. The molecule has 1 amide bonds. The Balaban J connectivity index is 1.66. The van der Waals surface area contributed by atoms with E-state index in [0.29, 0.717) is 18.1 Å². The second kappa shape index (κ2) is 7.11. The molecule has 3 heterocycles. The van der Waals surface area contributed by atoms with E-state index in [4.69, 9.17) is 11.6 Å². The van der Waals surface area contributed by atoms with Gasteiger partial charge >= 0.3 is 6.18 Å². The minimum atomic E-state index is -4.57. The van der Waals surface area contributed by atoms with Crippen molar-refractivity contribution in [2.75, 3.05) is 0 Å². The summed E-state index contributed by atoms with van der Waals surface area (Å²) in [7, 11) is 0. The molecule has 11 heteroatoms. The summed E-state index contributed by atoms with van der Waals surface area (Å²) in [5, 5.41) is 15.4. The monoisotopic (exact) mass is 422 g/mol. The topological polar surface area (TPSA) is 76.8 Å². The first-order valence-corrected chi connectivity index (χ1v) is 9.02. The molecule has 3 aromatic rings. The number of nitrogens with zero attached hydrogens (tertiary/aromatic N) is 6. The molecular weight excluding hydrogens is 409 g/mol. The number of amides is 1. The normalized spacial score (nSPS) is 16.8. The first-order valence-electron chi connectivity index (χ1n) is 8.64. The summed E-state index contributed by atoms with van der Waals surface area (Å²) in [6.45, 7) is 2.08. The van der Waals surface area contributed by atoms with Crippen molar-refractivity contribution in [1.29, 1.82) is 0 Å². The van der Waals surface area contributed by atoms with Crippen LogP contribution in [0.1, 0.15) is 28.7 Å². The van der Waals surface area contributed by atoms with E-state index in [1.807, 2.05) is 0 Å². The lowest BCUT2D eigenvalue weighted by molar-refractivity contribution is -0.137. The fourth-order valence-electron chi connectivity index (χ4n) is 3.27. The largest absolute Gasteiger partial charge is 0.417 e. The second-order valence-electron chi connectivity index (χ2n) is 6.63. The van der Waals surface area contributed by atoms with Crippen molar-refractivity contribution in [3.63, 3.8) is 0 Å². The highest BCUT2D eigenvalue weighted by atomic mass is 35.5. The fourth-order valence-corrected chi connectivity index (χ4v) is 3.56. The molecule has 0 saturated carbocycles. The van der Waals surface area contributed by atoms with Crippen LogP contribution in [0.4, 0.5) is 13.2 Å². The standard InChI is InChI=1S/C18H14ClF3N6O/c1-10-8-28-15(13-6-3-7-23-24-13)25-26-16(28)17(29)27(10)9-11-4-2-5-12(14(11)19)18(20,21)22/h2-7,10H,8-9H2,1H3/t10-/m0/s1. The number of fused-ring (bicyclic) bond motifs is 1. The summed E-state index contributed by atoms with van der Waals surface area (Å²) in [5.41, 5.74) is -0.244. The third-order valence-corrected chi connectivity index (χ3v) is 5.15. The maximum Gasteiger partial charge on any atom is 0.417 e. The highest BCUT2D eigenvalue weighted by Crippen LogP contribution is 2.37. The van der Waals surface area contributed by atoms with Gasteiger partial charge in [-0.2, -0.15) is 18.3 Å². The van der Waals surface area contributed by atoms with Gasteiger partial charge in [0.1, 0.15) is 5.69 Å². The van der Waals surface area contributed by atoms with Gasteiger partial charge in [-0.1, -0.05) is 23.7 Å². The number of aromatic nitrogens is 5. The van der Waals surface area contributed by atoms with Crippen LogP contribution < -0.4 is 0 Å². The minimum absolute atomic E-state index is 0.0733. The van der Waals surface area contributed by atoms with Gasteiger partial charge in [0, 0.05) is 25.3 Å². The summed E-state index contributed by atoms with van der Waals surface area (Å²) in [4.78, 5) is 14.4. The van der Waals surface area contributed by atoms with E-state index in [-0.39, 0.29) is 24.0 Å². The zero-order chi connectivity index (χ0) is 20.8. The molecule has 0 bridgehead atoms. The van der Waals surface area contributed by atoms with E-state index < -0.39 is 22.7 Å². The smallest absolute Gasteiger partial charge is 0.327 e. The van der Waals surface area contributed by atoms with Gasteiger partial charge in [-0.05, 0) is 30.7 Å². The highest BCUT2D eigenvalue weighted by molar-refractivity contribution is 6.32. The van der Waals surface area contributed by atoms with Gasteiger partial charge in [0.15, 0.2) is 5.82 Å². The molecule has 1 aliphatic rings. The predicted octanol–water partition coefficient (Wildman–Crippen LogP) is 3.45. The van der Waals surface area contributed by atoms with E-state index in [0.717, 1.165) is 6.07 Å². The van der Waals surface area contributed by atoms with Crippen LogP contribution in [0.25, 0.3) is 11.5 Å². The lowest BCUT2D eigenvalue weighted by Crippen LogP contribution is -2.46. The number of alkyl halides is 3. The van der Waals surface area contributed by atoms with Gasteiger partial charge in [-0.3, -0.25) is 9.36 Å². The average Bonchev–Trinajstić information content (AvgIpc) is 3.10. The number of rotatable bonds is 3. The third-order valence-electron chi connectivity index (χ3n) is 4.71. The van der Waals surface area contributed by atoms with Crippen molar-refractivity contribution >= 4 is 17.5 Å². The molecule has 1 atom stereocenters.